The number of allylic oxidation sites excluding steroid dienone is 2. The van der Waals surface area contributed by atoms with E-state index in [9.17, 15) is 43.5 Å². The molecule has 0 amide bonds. The van der Waals surface area contributed by atoms with Crippen LogP contribution in [0, 0.1) is 0 Å². The first-order chi connectivity index (χ1) is 24.7. The smallest absolute Gasteiger partial charge is 0.304 e. The summed E-state index contributed by atoms with van der Waals surface area (Å²) in [7, 11) is -8.89. The summed E-state index contributed by atoms with van der Waals surface area (Å²) in [6.45, 7) is 10.1. The fourth-order valence-corrected chi connectivity index (χ4v) is 7.58. The minimum Gasteiger partial charge on any atom is -0.304 e. The number of hydrogen-bond acceptors (Lipinski definition) is 5. The van der Waals surface area contributed by atoms with Gasteiger partial charge >= 0.3 is 12.4 Å². The summed E-state index contributed by atoms with van der Waals surface area (Å²) >= 11 is 11.8. The van der Waals surface area contributed by atoms with Crippen molar-refractivity contribution < 1.29 is 43.5 Å². The molecule has 0 fully saturated rings. The van der Waals surface area contributed by atoms with E-state index >= 15 is 0 Å². The van der Waals surface area contributed by atoms with Gasteiger partial charge in [-0.1, -0.05) is 68.2 Å². The maximum atomic E-state index is 13.5. The Kier molecular flexibility index (Phi) is 13.3. The number of nitrogens with zero attached hydrogens (tertiary/aromatic N) is 3. The SMILES string of the molecule is CCN(CC)CC.O=S(=O)(/N=C1/C(c2ccc(C(F)(F)F)cc2)=C(N=S(=O)(O)c2ccc(Cl)cc2)C1c1ccc(C(F)(F)F)cc1)c1ccc(Cl)cc1. The van der Waals surface area contributed by atoms with E-state index in [1.54, 1.807) is 0 Å². The predicted octanol–water partition coefficient (Wildman–Crippen LogP) is 10.7. The number of benzene rings is 4. The summed E-state index contributed by atoms with van der Waals surface area (Å²) in [6, 6.07) is 16.8. The maximum Gasteiger partial charge on any atom is 0.416 e. The zero-order chi connectivity index (χ0) is 39.4. The summed E-state index contributed by atoms with van der Waals surface area (Å²) in [5, 5.41) is 0.445. The highest BCUT2D eigenvalue weighted by Gasteiger charge is 2.43. The Morgan fingerprint density at radius 2 is 1.08 bits per heavy atom. The molecule has 4 aromatic carbocycles. The summed E-state index contributed by atoms with van der Waals surface area (Å²) in [6.07, 6.45) is -9.43. The van der Waals surface area contributed by atoms with Gasteiger partial charge in [0.25, 0.3) is 10.0 Å². The van der Waals surface area contributed by atoms with Crippen LogP contribution < -0.4 is 0 Å². The van der Waals surface area contributed by atoms with Crippen molar-refractivity contribution in [2.45, 2.75) is 48.8 Å². The lowest BCUT2D eigenvalue weighted by Gasteiger charge is -2.34. The van der Waals surface area contributed by atoms with E-state index in [1.807, 2.05) is 0 Å². The molecule has 17 heteroatoms. The van der Waals surface area contributed by atoms with Crippen LogP contribution in [0.1, 0.15) is 48.9 Å². The van der Waals surface area contributed by atoms with E-state index in [-0.39, 0.29) is 47.9 Å². The standard InChI is InChI=1S/C30H18Cl2F6N2O4S2.C6H15N/c31-21-9-13-23(14-10-21)45(41,42)39-27-25(17-1-5-19(6-2-17)29(33,34)35)28(40-46(43,44)24-15-11-22(32)12-16-24)26(27)18-3-7-20(8-4-18)30(36,37)38;1-4-7(5-2)6-3/h1-16,25H,(H,39,41,42);4-6H2,1-3H3/b40-28+;. The van der Waals surface area contributed by atoms with Crippen molar-refractivity contribution in [2.24, 2.45) is 8.76 Å². The summed E-state index contributed by atoms with van der Waals surface area (Å²) in [4.78, 5) is 1.83. The summed E-state index contributed by atoms with van der Waals surface area (Å²) in [5.41, 5.74) is -2.93. The fraction of sp³-hybridized carbons (Fsp3) is 0.250. The van der Waals surface area contributed by atoms with Gasteiger partial charge in [0.1, 0.15) is 0 Å². The Balaban J connectivity index is 0.000000815. The van der Waals surface area contributed by atoms with Crippen molar-refractivity contribution in [3.05, 3.63) is 135 Å². The Labute approximate surface area is 314 Å². The lowest BCUT2D eigenvalue weighted by atomic mass is 9.73. The normalized spacial score (nSPS) is 16.8. The molecule has 0 saturated heterocycles. The van der Waals surface area contributed by atoms with Crippen molar-refractivity contribution in [3.63, 3.8) is 0 Å². The third kappa shape index (κ3) is 10.3. The molecule has 1 N–H and O–H groups in total. The molecule has 0 radical (unpaired) electrons. The van der Waals surface area contributed by atoms with E-state index in [0.717, 1.165) is 48.5 Å². The first kappa shape index (κ1) is 42.0. The van der Waals surface area contributed by atoms with Crippen LogP contribution in [0.25, 0.3) is 5.57 Å². The van der Waals surface area contributed by atoms with Gasteiger partial charge in [-0.15, -0.1) is 0 Å². The minimum atomic E-state index is -4.72. The molecular weight excluding hydrogens is 787 g/mol. The quantitative estimate of drug-likeness (QED) is 0.170. The van der Waals surface area contributed by atoms with Crippen molar-refractivity contribution in [3.8, 4) is 0 Å². The molecule has 1 aliphatic rings. The first-order valence-corrected chi connectivity index (χ1v) is 19.6. The van der Waals surface area contributed by atoms with Crippen molar-refractivity contribution in [2.75, 3.05) is 19.6 Å². The summed E-state index contributed by atoms with van der Waals surface area (Å²) < 4.78 is 139. The molecule has 0 spiro atoms. The van der Waals surface area contributed by atoms with Crippen molar-refractivity contribution >= 4 is 54.5 Å². The predicted molar refractivity (Wildman–Crippen MR) is 195 cm³/mol. The molecule has 0 aliphatic heterocycles. The number of alkyl halides is 6. The minimum absolute atomic E-state index is 0.0128. The molecule has 7 nitrogen and oxygen atoms in total. The van der Waals surface area contributed by atoms with Crippen LogP contribution in [0.3, 0.4) is 0 Å². The molecule has 2 unspecified atom stereocenters. The molecule has 53 heavy (non-hydrogen) atoms. The van der Waals surface area contributed by atoms with Gasteiger partial charge in [-0.3, -0.25) is 4.55 Å². The van der Waals surface area contributed by atoms with Gasteiger partial charge in [0.2, 0.25) is 0 Å². The molecular formula is C36H33Cl2F6N3O4S2. The Bertz CT molecular complexity index is 2190. The van der Waals surface area contributed by atoms with Crippen LogP contribution in [0.2, 0.25) is 10.0 Å². The van der Waals surface area contributed by atoms with Crippen LogP contribution in [0.5, 0.6) is 0 Å². The highest BCUT2D eigenvalue weighted by atomic mass is 35.5. The molecule has 0 bridgehead atoms. The van der Waals surface area contributed by atoms with Gasteiger partial charge in [-0.05, 0) is 104 Å². The van der Waals surface area contributed by atoms with Crippen LogP contribution in [0.15, 0.2) is 121 Å². The molecule has 2 atom stereocenters. The summed E-state index contributed by atoms with van der Waals surface area (Å²) in [5.74, 6) is -1.39. The van der Waals surface area contributed by atoms with Gasteiger partial charge in [0, 0.05) is 15.6 Å². The third-order valence-electron chi connectivity index (χ3n) is 8.15. The second kappa shape index (κ2) is 16.7. The number of sulfonamides is 1. The average Bonchev–Trinajstić information content (AvgIpc) is 3.09. The number of halogens is 8. The van der Waals surface area contributed by atoms with Crippen molar-refractivity contribution in [1.82, 2.24) is 4.90 Å². The van der Waals surface area contributed by atoms with Gasteiger partial charge in [-0.25, -0.2) is 4.21 Å². The molecule has 0 aromatic heterocycles. The van der Waals surface area contributed by atoms with Gasteiger partial charge in [0.15, 0.2) is 10.0 Å². The molecule has 284 valence electrons. The Morgan fingerprint density at radius 1 is 0.660 bits per heavy atom. The van der Waals surface area contributed by atoms with Crippen LogP contribution in [-0.2, 0) is 32.4 Å². The van der Waals surface area contributed by atoms with Crippen molar-refractivity contribution in [1.29, 1.82) is 0 Å². The van der Waals surface area contributed by atoms with Crippen LogP contribution in [0.4, 0.5) is 26.3 Å². The largest absolute Gasteiger partial charge is 0.416 e. The van der Waals surface area contributed by atoms with Gasteiger partial charge in [0.05, 0.1) is 38.2 Å². The Morgan fingerprint density at radius 3 is 1.47 bits per heavy atom. The number of rotatable bonds is 9. The monoisotopic (exact) mass is 819 g/mol. The molecule has 1 aliphatic carbocycles. The second-order valence-electron chi connectivity index (χ2n) is 11.5. The van der Waals surface area contributed by atoms with Crippen LogP contribution in [-0.4, -0.2) is 47.4 Å². The average molecular weight is 821 g/mol. The zero-order valence-electron chi connectivity index (χ0n) is 28.3. The third-order valence-corrected chi connectivity index (χ3v) is 11.3. The first-order valence-electron chi connectivity index (χ1n) is 15.9. The highest BCUT2D eigenvalue weighted by Crippen LogP contribution is 2.48. The van der Waals surface area contributed by atoms with E-state index in [4.69, 9.17) is 23.2 Å². The van der Waals surface area contributed by atoms with E-state index in [0.29, 0.717) is 12.1 Å². The van der Waals surface area contributed by atoms with Crippen LogP contribution >= 0.6 is 23.2 Å². The zero-order valence-corrected chi connectivity index (χ0v) is 31.4. The topological polar surface area (TPSA) is 99.4 Å². The lowest BCUT2D eigenvalue weighted by Crippen LogP contribution is -2.30. The number of hydrogen-bond donors (Lipinski definition) is 1. The van der Waals surface area contributed by atoms with Gasteiger partial charge in [-0.2, -0.15) is 43.5 Å². The van der Waals surface area contributed by atoms with E-state index in [2.05, 4.69) is 34.4 Å². The second-order valence-corrected chi connectivity index (χ2v) is 15.6. The molecule has 0 saturated carbocycles. The Hall–Kier alpha value is -3.73. The van der Waals surface area contributed by atoms with E-state index < -0.39 is 49.4 Å². The maximum absolute atomic E-state index is 13.5. The van der Waals surface area contributed by atoms with Gasteiger partial charge < -0.3 is 4.90 Å². The highest BCUT2D eigenvalue weighted by molar-refractivity contribution is 7.90. The van der Waals surface area contributed by atoms with E-state index in [1.165, 1.54) is 56.0 Å². The molecule has 5 rings (SSSR count). The fourth-order valence-electron chi connectivity index (χ4n) is 5.23. The lowest BCUT2D eigenvalue weighted by molar-refractivity contribution is -0.138. The molecule has 0 heterocycles. The molecule has 4 aromatic rings.